The fourth-order valence-corrected chi connectivity index (χ4v) is 3.79. The van der Waals surface area contributed by atoms with Gasteiger partial charge in [-0.15, -0.1) is 11.3 Å². The Bertz CT molecular complexity index is 821. The van der Waals surface area contributed by atoms with Crippen LogP contribution in [0.25, 0.3) is 10.8 Å². The standard InChI is InChI=1S/C18H20N4OS/c19-18-17-4-3-15(8-13(17)5-6-20-18)23-16-2-1-7-22(10-16)9-14-11-24-12-21-14/h3-6,8,11-12,16H,1-2,7,9-10H2,(H2,19,20). The molecule has 1 fully saturated rings. The van der Waals surface area contributed by atoms with Gasteiger partial charge in [0.1, 0.15) is 17.7 Å². The molecule has 2 aromatic heterocycles. The predicted octanol–water partition coefficient (Wildman–Crippen LogP) is 3.32. The Morgan fingerprint density at radius 2 is 2.25 bits per heavy atom. The van der Waals surface area contributed by atoms with Gasteiger partial charge >= 0.3 is 0 Å². The Morgan fingerprint density at radius 3 is 3.12 bits per heavy atom. The number of benzene rings is 1. The molecule has 0 bridgehead atoms. The van der Waals surface area contributed by atoms with Crippen LogP contribution >= 0.6 is 11.3 Å². The highest BCUT2D eigenvalue weighted by Gasteiger charge is 2.22. The summed E-state index contributed by atoms with van der Waals surface area (Å²) in [6.45, 7) is 2.95. The lowest BCUT2D eigenvalue weighted by atomic mass is 10.1. The second kappa shape index (κ2) is 6.75. The van der Waals surface area contributed by atoms with E-state index in [-0.39, 0.29) is 6.10 Å². The van der Waals surface area contributed by atoms with Gasteiger partial charge in [-0.05, 0) is 49.0 Å². The van der Waals surface area contributed by atoms with E-state index >= 15 is 0 Å². The molecular weight excluding hydrogens is 320 g/mol. The Hall–Kier alpha value is -2.18. The smallest absolute Gasteiger partial charge is 0.131 e. The molecule has 1 aliphatic rings. The lowest BCUT2D eigenvalue weighted by Gasteiger charge is -2.32. The lowest BCUT2D eigenvalue weighted by Crippen LogP contribution is -2.40. The Morgan fingerprint density at radius 1 is 1.29 bits per heavy atom. The number of piperidine rings is 1. The zero-order valence-electron chi connectivity index (χ0n) is 13.4. The molecule has 2 N–H and O–H groups in total. The molecule has 124 valence electrons. The molecule has 6 heteroatoms. The zero-order valence-corrected chi connectivity index (χ0v) is 14.2. The molecule has 0 amide bonds. The topological polar surface area (TPSA) is 64.3 Å². The van der Waals surface area contributed by atoms with E-state index in [1.165, 1.54) is 0 Å². The van der Waals surface area contributed by atoms with Crippen LogP contribution in [-0.4, -0.2) is 34.1 Å². The largest absolute Gasteiger partial charge is 0.489 e. The van der Waals surface area contributed by atoms with Crippen molar-refractivity contribution in [3.8, 4) is 5.75 Å². The molecule has 0 aliphatic carbocycles. The van der Waals surface area contributed by atoms with E-state index < -0.39 is 0 Å². The van der Waals surface area contributed by atoms with Gasteiger partial charge in [0, 0.05) is 30.1 Å². The maximum atomic E-state index is 6.23. The molecule has 3 aromatic rings. The average molecular weight is 340 g/mol. The molecule has 3 heterocycles. The quantitative estimate of drug-likeness (QED) is 0.789. The molecular formula is C18H20N4OS. The lowest BCUT2D eigenvalue weighted by molar-refractivity contribution is 0.0838. The first-order valence-corrected chi connectivity index (χ1v) is 9.12. The zero-order chi connectivity index (χ0) is 16.4. The van der Waals surface area contributed by atoms with Crippen molar-refractivity contribution in [2.24, 2.45) is 0 Å². The first kappa shape index (κ1) is 15.4. The van der Waals surface area contributed by atoms with Gasteiger partial charge in [0.05, 0.1) is 11.2 Å². The van der Waals surface area contributed by atoms with Crippen LogP contribution in [0.1, 0.15) is 18.5 Å². The van der Waals surface area contributed by atoms with Crippen molar-refractivity contribution in [2.45, 2.75) is 25.5 Å². The van der Waals surface area contributed by atoms with E-state index in [4.69, 9.17) is 10.5 Å². The summed E-state index contributed by atoms with van der Waals surface area (Å²) in [5, 5.41) is 4.15. The summed E-state index contributed by atoms with van der Waals surface area (Å²) in [6, 6.07) is 7.99. The second-order valence-corrected chi connectivity index (χ2v) is 6.89. The summed E-state index contributed by atoms with van der Waals surface area (Å²) in [6.07, 6.45) is 4.19. The number of anilines is 1. The van der Waals surface area contributed by atoms with Crippen LogP contribution < -0.4 is 10.5 Å². The third-order valence-electron chi connectivity index (χ3n) is 4.40. The van der Waals surface area contributed by atoms with Gasteiger partial charge in [-0.25, -0.2) is 9.97 Å². The van der Waals surface area contributed by atoms with Crippen molar-refractivity contribution in [3.05, 3.63) is 47.0 Å². The first-order valence-electron chi connectivity index (χ1n) is 8.18. The number of hydrogen-bond donors (Lipinski definition) is 1. The van der Waals surface area contributed by atoms with E-state index in [1.54, 1.807) is 17.5 Å². The van der Waals surface area contributed by atoms with Crippen LogP contribution in [0.15, 0.2) is 41.4 Å². The Kier molecular flexibility index (Phi) is 4.32. The molecule has 1 aromatic carbocycles. The molecule has 1 atom stereocenters. The monoisotopic (exact) mass is 340 g/mol. The molecule has 4 rings (SSSR count). The summed E-state index contributed by atoms with van der Waals surface area (Å²) in [5.41, 5.74) is 8.95. The van der Waals surface area contributed by atoms with E-state index in [0.717, 1.165) is 54.7 Å². The summed E-state index contributed by atoms with van der Waals surface area (Å²) in [5.74, 6) is 1.46. The number of pyridine rings is 1. The number of nitrogen functional groups attached to an aromatic ring is 1. The van der Waals surface area contributed by atoms with Crippen molar-refractivity contribution in [1.29, 1.82) is 0 Å². The maximum Gasteiger partial charge on any atom is 0.131 e. The highest BCUT2D eigenvalue weighted by molar-refractivity contribution is 7.07. The average Bonchev–Trinajstić information content (AvgIpc) is 3.08. The van der Waals surface area contributed by atoms with Gasteiger partial charge in [-0.3, -0.25) is 4.90 Å². The van der Waals surface area contributed by atoms with Crippen molar-refractivity contribution < 1.29 is 4.74 Å². The van der Waals surface area contributed by atoms with Crippen LogP contribution in [0.4, 0.5) is 5.82 Å². The number of ether oxygens (including phenoxy) is 1. The van der Waals surface area contributed by atoms with E-state index in [2.05, 4.69) is 20.2 Å². The van der Waals surface area contributed by atoms with Crippen LogP contribution in [0, 0.1) is 0 Å². The molecule has 1 aliphatic heterocycles. The molecule has 0 saturated carbocycles. The van der Waals surface area contributed by atoms with Gasteiger partial charge < -0.3 is 10.5 Å². The third kappa shape index (κ3) is 3.34. The third-order valence-corrected chi connectivity index (χ3v) is 5.04. The van der Waals surface area contributed by atoms with Crippen LogP contribution in [0.2, 0.25) is 0 Å². The fraction of sp³-hybridized carbons (Fsp3) is 0.333. The van der Waals surface area contributed by atoms with Crippen molar-refractivity contribution in [3.63, 3.8) is 0 Å². The van der Waals surface area contributed by atoms with Crippen LogP contribution in [0.5, 0.6) is 5.75 Å². The van der Waals surface area contributed by atoms with Crippen molar-refractivity contribution in [1.82, 2.24) is 14.9 Å². The normalized spacial score (nSPS) is 18.8. The van der Waals surface area contributed by atoms with E-state index in [0.29, 0.717) is 5.82 Å². The van der Waals surface area contributed by atoms with Crippen molar-refractivity contribution >= 4 is 27.9 Å². The number of nitrogens with two attached hydrogens (primary N) is 1. The molecule has 1 saturated heterocycles. The summed E-state index contributed by atoms with van der Waals surface area (Å²) < 4.78 is 6.23. The number of thiazole rings is 1. The Balaban J connectivity index is 1.44. The minimum Gasteiger partial charge on any atom is -0.489 e. The number of nitrogens with zero attached hydrogens (tertiary/aromatic N) is 3. The summed E-state index contributed by atoms with van der Waals surface area (Å²) >= 11 is 1.65. The van der Waals surface area contributed by atoms with Gasteiger partial charge in [0.15, 0.2) is 0 Å². The molecule has 0 spiro atoms. The predicted molar refractivity (Wildman–Crippen MR) is 97.2 cm³/mol. The van der Waals surface area contributed by atoms with Crippen LogP contribution in [-0.2, 0) is 6.54 Å². The van der Waals surface area contributed by atoms with Gasteiger partial charge in [-0.2, -0.15) is 0 Å². The van der Waals surface area contributed by atoms with Gasteiger partial charge in [0.25, 0.3) is 0 Å². The first-order chi connectivity index (χ1) is 11.8. The minimum atomic E-state index is 0.217. The van der Waals surface area contributed by atoms with Crippen LogP contribution in [0.3, 0.4) is 0 Å². The number of hydrogen-bond acceptors (Lipinski definition) is 6. The molecule has 0 radical (unpaired) electrons. The number of fused-ring (bicyclic) bond motifs is 1. The highest BCUT2D eigenvalue weighted by Crippen LogP contribution is 2.26. The fourth-order valence-electron chi connectivity index (χ4n) is 3.24. The van der Waals surface area contributed by atoms with Gasteiger partial charge in [-0.1, -0.05) is 0 Å². The summed E-state index contributed by atoms with van der Waals surface area (Å²) in [4.78, 5) is 10.9. The van der Waals surface area contributed by atoms with Gasteiger partial charge in [0.2, 0.25) is 0 Å². The molecule has 1 unspecified atom stereocenters. The SMILES string of the molecule is Nc1nccc2cc(OC3CCCN(Cc4cscn4)C3)ccc12. The Labute approximate surface area is 145 Å². The summed E-state index contributed by atoms with van der Waals surface area (Å²) in [7, 11) is 0. The maximum absolute atomic E-state index is 6.23. The highest BCUT2D eigenvalue weighted by atomic mass is 32.1. The number of aromatic nitrogens is 2. The number of likely N-dealkylation sites (tertiary alicyclic amines) is 1. The van der Waals surface area contributed by atoms with Crippen molar-refractivity contribution in [2.75, 3.05) is 18.8 Å². The molecule has 24 heavy (non-hydrogen) atoms. The van der Waals surface area contributed by atoms with E-state index in [9.17, 15) is 0 Å². The molecule has 5 nitrogen and oxygen atoms in total. The number of rotatable bonds is 4. The van der Waals surface area contributed by atoms with E-state index in [1.807, 2.05) is 29.8 Å². The second-order valence-electron chi connectivity index (χ2n) is 6.18. The minimum absolute atomic E-state index is 0.217.